The monoisotopic (exact) mass is 1110 g/mol. The molecule has 6 aromatic carbocycles. The van der Waals surface area contributed by atoms with Gasteiger partial charge in [0.15, 0.2) is 0 Å². The summed E-state index contributed by atoms with van der Waals surface area (Å²) >= 11 is 2.21. The Morgan fingerprint density at radius 1 is 0.620 bits per heavy atom. The van der Waals surface area contributed by atoms with Gasteiger partial charge in [0.05, 0.1) is 22.0 Å². The number of carbonyl (C=O) groups is 2. The van der Waals surface area contributed by atoms with Crippen LogP contribution in [0.4, 0.5) is 11.9 Å². The number of hydrogen-bond donors (Lipinski definition) is 5. The Labute approximate surface area is 422 Å². The van der Waals surface area contributed by atoms with E-state index in [0.29, 0.717) is 59.4 Å². The zero-order chi connectivity index (χ0) is 50.8. The van der Waals surface area contributed by atoms with E-state index in [1.54, 1.807) is 54.0 Å². The molecule has 4 heterocycles. The molecule has 362 valence electrons. The molecule has 0 saturated heterocycles. The van der Waals surface area contributed by atoms with Gasteiger partial charge >= 0.3 is 7.12 Å². The normalized spacial score (nSPS) is 13.0. The second kappa shape index (κ2) is 20.8. The summed E-state index contributed by atoms with van der Waals surface area (Å²) in [6.07, 6.45) is -0.506. The average Bonchev–Trinajstić information content (AvgIpc) is 3.98. The van der Waals surface area contributed by atoms with Crippen molar-refractivity contribution in [2.45, 2.75) is 55.9 Å². The van der Waals surface area contributed by atoms with Gasteiger partial charge in [-0.25, -0.2) is 19.9 Å². The minimum Gasteiger partial charge on any atom is -0.423 e. The van der Waals surface area contributed by atoms with E-state index in [1.807, 2.05) is 54.6 Å². The predicted octanol–water partition coefficient (Wildman–Crippen LogP) is 5.73. The summed E-state index contributed by atoms with van der Waals surface area (Å²) < 4.78 is 62.6. The van der Waals surface area contributed by atoms with E-state index in [0.717, 1.165) is 20.1 Å². The van der Waals surface area contributed by atoms with Crippen LogP contribution >= 0.6 is 22.6 Å². The van der Waals surface area contributed by atoms with E-state index in [9.17, 15) is 31.0 Å². The van der Waals surface area contributed by atoms with E-state index < -0.39 is 33.5 Å². The van der Waals surface area contributed by atoms with Crippen LogP contribution in [0.3, 0.4) is 0 Å². The lowest BCUT2D eigenvalue weighted by molar-refractivity contribution is 0.0741. The number of carbonyl (C=O) groups excluding carboxylic acids is 2. The summed E-state index contributed by atoms with van der Waals surface area (Å²) in [5.74, 6) is -0.301. The van der Waals surface area contributed by atoms with Crippen LogP contribution in [0.1, 0.15) is 57.1 Å². The average molecular weight is 1110 g/mol. The van der Waals surface area contributed by atoms with E-state index in [1.165, 1.54) is 47.5 Å². The van der Waals surface area contributed by atoms with Crippen LogP contribution in [0.25, 0.3) is 32.9 Å². The van der Waals surface area contributed by atoms with Gasteiger partial charge in [0.2, 0.25) is 11.9 Å². The number of nitrogens with zero attached hydrogens (tertiary/aromatic N) is 6. The lowest BCUT2D eigenvalue weighted by atomic mass is 9.80. The maximum Gasteiger partial charge on any atom is 0.489 e. The molecule has 0 bridgehead atoms. The molecule has 0 aliphatic carbocycles. The van der Waals surface area contributed by atoms with E-state index >= 15 is 0 Å². The first-order chi connectivity index (χ1) is 33.8. The molecular weight excluding hydrogens is 1060 g/mol. The van der Waals surface area contributed by atoms with Gasteiger partial charge in [-0.2, -0.15) is 16.8 Å². The zero-order valence-electron chi connectivity index (χ0n) is 37.9. The molecule has 18 nitrogen and oxygen atoms in total. The fraction of sp³-hybridized carbons (Fsp3) is 0.143. The highest BCUT2D eigenvalue weighted by Crippen LogP contribution is 2.33. The Morgan fingerprint density at radius 3 is 1.54 bits per heavy atom. The van der Waals surface area contributed by atoms with Crippen molar-refractivity contribution in [1.82, 2.24) is 29.7 Å². The Bertz CT molecular complexity index is 3560. The zero-order valence-corrected chi connectivity index (χ0v) is 41.7. The van der Waals surface area contributed by atoms with Gasteiger partial charge < -0.3 is 31.3 Å². The quantitative estimate of drug-likeness (QED) is 0.0525. The molecule has 2 aliphatic heterocycles. The Morgan fingerprint density at radius 2 is 1.06 bits per heavy atom. The Balaban J connectivity index is 0.000000152. The first-order valence-electron chi connectivity index (χ1n) is 21.7. The summed E-state index contributed by atoms with van der Waals surface area (Å²) in [7, 11) is -10.2. The molecule has 2 amide bonds. The first-order valence-corrected chi connectivity index (χ1v) is 25.7. The third-order valence-electron chi connectivity index (χ3n) is 11.3. The van der Waals surface area contributed by atoms with Gasteiger partial charge in [-0.1, -0.05) is 91.0 Å². The van der Waals surface area contributed by atoms with Crippen LogP contribution in [0.5, 0.6) is 0 Å². The third-order valence-corrected chi connectivity index (χ3v) is 14.4. The van der Waals surface area contributed by atoms with Crippen molar-refractivity contribution in [3.05, 3.63) is 171 Å². The van der Waals surface area contributed by atoms with Gasteiger partial charge in [-0.15, -0.1) is 0 Å². The number of fused-ring (bicyclic) bond motifs is 4. The van der Waals surface area contributed by atoms with Gasteiger partial charge in [0.1, 0.15) is 16.3 Å². The number of anilines is 2. The van der Waals surface area contributed by atoms with Crippen molar-refractivity contribution in [2.75, 3.05) is 11.5 Å². The summed E-state index contributed by atoms with van der Waals surface area (Å²) in [6, 6.07) is 38.3. The fourth-order valence-electron chi connectivity index (χ4n) is 8.17. The number of rotatable bonds is 8. The number of amides is 2. The molecule has 2 aliphatic rings. The lowest BCUT2D eigenvalue weighted by Gasteiger charge is -2.17. The molecule has 0 spiro atoms. The number of nitrogen functional groups attached to an aromatic ring is 2. The van der Waals surface area contributed by atoms with E-state index in [4.69, 9.17) is 25.7 Å². The maximum absolute atomic E-state index is 13.4. The van der Waals surface area contributed by atoms with Gasteiger partial charge in [0, 0.05) is 51.5 Å². The molecule has 2 aromatic heterocycles. The summed E-state index contributed by atoms with van der Waals surface area (Å²) in [5.41, 5.74) is 18.6. The molecule has 7 N–H and O–H groups in total. The largest absolute Gasteiger partial charge is 0.489 e. The number of nitrogens with two attached hydrogens (primary N) is 2. The van der Waals surface area contributed by atoms with Crippen LogP contribution in [0.2, 0.25) is 0 Å². The first kappa shape index (κ1) is 50.5. The Kier molecular flexibility index (Phi) is 14.8. The second-order valence-corrected chi connectivity index (χ2v) is 20.8. The molecular formula is C49H44BIN8O10S2. The smallest absolute Gasteiger partial charge is 0.423 e. The molecule has 0 unspecified atom stereocenters. The molecule has 0 radical (unpaired) electrons. The van der Waals surface area contributed by atoms with Gasteiger partial charge in [-0.3, -0.25) is 18.3 Å². The van der Waals surface area contributed by atoms with Crippen LogP contribution in [-0.2, 0) is 50.6 Å². The molecule has 71 heavy (non-hydrogen) atoms. The predicted molar refractivity (Wildman–Crippen MR) is 276 cm³/mol. The van der Waals surface area contributed by atoms with Crippen molar-refractivity contribution in [3.63, 3.8) is 0 Å². The maximum atomic E-state index is 13.4. The minimum absolute atomic E-state index is 0.0244. The number of benzene rings is 6. The summed E-state index contributed by atoms with van der Waals surface area (Å²) in [6.45, 7) is 5.29. The van der Waals surface area contributed by atoms with Gasteiger partial charge in [0.25, 0.3) is 32.1 Å². The molecule has 0 saturated carbocycles. The lowest BCUT2D eigenvalue weighted by Crippen LogP contribution is -2.35. The minimum atomic E-state index is -4.44. The summed E-state index contributed by atoms with van der Waals surface area (Å²) in [4.78, 5) is 46.3. The van der Waals surface area contributed by atoms with Gasteiger partial charge in [-0.05, 0) is 107 Å². The van der Waals surface area contributed by atoms with Crippen LogP contribution < -0.4 is 16.9 Å². The molecule has 10 rings (SSSR count). The Hall–Kier alpha value is -6.93. The molecule has 8 aromatic rings. The highest BCUT2D eigenvalue weighted by atomic mass is 127. The van der Waals surface area contributed by atoms with Crippen LogP contribution in [0.15, 0.2) is 143 Å². The molecule has 0 atom stereocenters. The number of hydrogen-bond acceptors (Lipinski definition) is 15. The third kappa shape index (κ3) is 11.3. The molecule has 0 fully saturated rings. The van der Waals surface area contributed by atoms with Crippen LogP contribution in [0, 0.1) is 3.57 Å². The van der Waals surface area contributed by atoms with Crippen molar-refractivity contribution in [1.29, 1.82) is 0 Å². The highest BCUT2D eigenvalue weighted by molar-refractivity contribution is 14.1. The van der Waals surface area contributed by atoms with E-state index in [2.05, 4.69) is 54.7 Å². The summed E-state index contributed by atoms with van der Waals surface area (Å²) in [5, 5.41) is 19.3. The number of halogens is 1. The van der Waals surface area contributed by atoms with Crippen molar-refractivity contribution in [2.24, 2.45) is 0 Å². The van der Waals surface area contributed by atoms with E-state index in [-0.39, 0.29) is 44.7 Å². The number of aromatic nitrogens is 4. The molecule has 22 heteroatoms. The van der Waals surface area contributed by atoms with Crippen molar-refractivity contribution in [3.8, 4) is 11.1 Å². The highest BCUT2D eigenvalue weighted by Gasteiger charge is 2.30. The second-order valence-electron chi connectivity index (χ2n) is 16.6. The SMILES string of the molecule is CC(C)OS(=O)(=O)c1ccccc1B(O)O.Nc1nc(C(=O)N2Cc3ccccc3C2)c2cc(-c3ccccc3S(=O)(=O)O)ccc2n1.Nc1nc(C(=O)N2Cc3ccccc3C2)c2cc(I)ccc2n1. The fourth-order valence-corrected chi connectivity index (χ4v) is 10.7. The van der Waals surface area contributed by atoms with Crippen molar-refractivity contribution >= 4 is 101 Å². The standard InChI is InChI=1S/C23H18N4O4S.C17H13IN4O.C9H13BO5S/c24-23-25-19-10-9-14(17-7-3-4-8-20(17)32(29,30)31)11-18(19)21(26-23)22(28)27-12-15-5-1-2-6-16(15)13-27;18-12-5-6-14-13(7-12)15(21-17(19)20-14)16(23)22-8-10-3-1-2-4-11(10)9-22;1-7(2)15-16(13,14)9-6-4-3-5-8(9)10(11)12/h1-11H,12-13H2,(H2,24,25,26)(H,29,30,31);1-7H,8-9H2,(H2,19,20,21);3-7,11-12H,1-2H3. The van der Waals surface area contributed by atoms with Crippen LogP contribution in [-0.4, -0.2) is 86.2 Å². The topological polar surface area (TPSA) is 282 Å². The van der Waals surface area contributed by atoms with Crippen molar-refractivity contribution < 1.29 is 45.2 Å².